The molecule has 0 aromatic heterocycles. The lowest BCUT2D eigenvalue weighted by molar-refractivity contribution is -0.137. The van der Waals surface area contributed by atoms with E-state index in [2.05, 4.69) is 26.6 Å². The molecule has 0 aliphatic rings. The molecule has 0 saturated heterocycles. The van der Waals surface area contributed by atoms with E-state index in [0.29, 0.717) is 11.8 Å². The Kier molecular flexibility index (Phi) is 6.56. The molecule has 0 unspecified atom stereocenters. The summed E-state index contributed by atoms with van der Waals surface area (Å²) in [4.78, 5) is 35.2. The van der Waals surface area contributed by atoms with Crippen LogP contribution in [0.25, 0.3) is 0 Å². The van der Waals surface area contributed by atoms with Crippen molar-refractivity contribution in [1.82, 2.24) is 5.32 Å². The van der Waals surface area contributed by atoms with E-state index in [1.54, 1.807) is 24.3 Å². The fourth-order valence-electron chi connectivity index (χ4n) is 1.94. The Morgan fingerprint density at radius 3 is 2.19 bits per heavy atom. The minimum atomic E-state index is -4.58. The molecule has 0 bridgehead atoms. The molecule has 2 aromatic carbocycles. The van der Waals surface area contributed by atoms with Gasteiger partial charge in [-0.3, -0.25) is 14.4 Å². The number of halogens is 4. The predicted molar refractivity (Wildman–Crippen MR) is 95.9 cm³/mol. The summed E-state index contributed by atoms with van der Waals surface area (Å²) in [6, 6.07) is 10.5. The quantitative estimate of drug-likeness (QED) is 0.634. The van der Waals surface area contributed by atoms with Crippen LogP contribution in [0.1, 0.15) is 5.56 Å². The third-order valence-corrected chi connectivity index (χ3v) is 3.72. The normalized spacial score (nSPS) is 10.8. The monoisotopic (exact) mass is 443 g/mol. The number of anilines is 2. The summed E-state index contributed by atoms with van der Waals surface area (Å²) in [6.07, 6.45) is -4.58. The van der Waals surface area contributed by atoms with Crippen LogP contribution in [0, 0.1) is 0 Å². The van der Waals surface area contributed by atoms with Gasteiger partial charge in [0.25, 0.3) is 0 Å². The van der Waals surface area contributed by atoms with Gasteiger partial charge in [0.05, 0.1) is 12.1 Å². The summed E-state index contributed by atoms with van der Waals surface area (Å²) in [5.74, 6) is -2.92. The molecule has 0 heterocycles. The summed E-state index contributed by atoms with van der Waals surface area (Å²) in [5, 5.41) is 6.64. The van der Waals surface area contributed by atoms with Gasteiger partial charge in [-0.25, -0.2) is 0 Å². The van der Waals surface area contributed by atoms with Crippen molar-refractivity contribution in [2.45, 2.75) is 6.18 Å². The van der Waals surface area contributed by atoms with Crippen LogP contribution in [-0.4, -0.2) is 24.3 Å². The molecule has 3 amide bonds. The highest BCUT2D eigenvalue weighted by atomic mass is 79.9. The van der Waals surface area contributed by atoms with E-state index in [9.17, 15) is 27.6 Å². The molecule has 0 aliphatic carbocycles. The first-order valence-electron chi connectivity index (χ1n) is 7.47. The van der Waals surface area contributed by atoms with Crippen molar-refractivity contribution in [3.63, 3.8) is 0 Å². The average molecular weight is 444 g/mol. The van der Waals surface area contributed by atoms with E-state index >= 15 is 0 Å². The predicted octanol–water partition coefficient (Wildman–Crippen LogP) is 3.16. The number of hydrogen-bond acceptors (Lipinski definition) is 3. The second-order valence-electron chi connectivity index (χ2n) is 5.27. The van der Waals surface area contributed by atoms with Crippen LogP contribution in [-0.2, 0) is 20.6 Å². The van der Waals surface area contributed by atoms with E-state index < -0.39 is 36.0 Å². The highest BCUT2D eigenvalue weighted by Crippen LogP contribution is 2.30. The van der Waals surface area contributed by atoms with Crippen LogP contribution in [0.5, 0.6) is 0 Å². The van der Waals surface area contributed by atoms with Crippen molar-refractivity contribution in [3.05, 3.63) is 58.6 Å². The van der Waals surface area contributed by atoms with Gasteiger partial charge in [-0.15, -0.1) is 0 Å². The third-order valence-electron chi connectivity index (χ3n) is 3.19. The van der Waals surface area contributed by atoms with Crippen molar-refractivity contribution in [3.8, 4) is 0 Å². The van der Waals surface area contributed by atoms with E-state index in [1.807, 2.05) is 5.32 Å². The van der Waals surface area contributed by atoms with Crippen molar-refractivity contribution in [2.75, 3.05) is 17.2 Å². The highest BCUT2D eigenvalue weighted by molar-refractivity contribution is 9.10. The van der Waals surface area contributed by atoms with Gasteiger partial charge in [0.1, 0.15) is 0 Å². The maximum atomic E-state index is 12.6. The molecule has 0 atom stereocenters. The van der Waals surface area contributed by atoms with Crippen LogP contribution in [0.2, 0.25) is 0 Å². The maximum Gasteiger partial charge on any atom is 0.416 e. The average Bonchev–Trinajstić information content (AvgIpc) is 2.61. The molecule has 142 valence electrons. The van der Waals surface area contributed by atoms with Crippen LogP contribution < -0.4 is 16.0 Å². The summed E-state index contributed by atoms with van der Waals surface area (Å²) in [6.45, 7) is -0.481. The standard InChI is InChI=1S/C17H13BrF3N3O3/c18-11-4-6-12(7-5-11)23-14(25)9-22-15(26)16(27)24-13-3-1-2-10(8-13)17(19,20)21/h1-8H,9H2,(H,22,26)(H,23,25)(H,24,27). The number of carbonyl (C=O) groups is 3. The van der Waals surface area contributed by atoms with Crippen LogP contribution in [0.15, 0.2) is 53.0 Å². The molecule has 27 heavy (non-hydrogen) atoms. The number of hydrogen-bond donors (Lipinski definition) is 3. The number of nitrogens with one attached hydrogen (secondary N) is 3. The zero-order valence-corrected chi connectivity index (χ0v) is 15.1. The summed E-state index contributed by atoms with van der Waals surface area (Å²) in [7, 11) is 0. The van der Waals surface area contributed by atoms with Crippen molar-refractivity contribution >= 4 is 45.0 Å². The van der Waals surface area contributed by atoms with E-state index in [1.165, 1.54) is 6.07 Å². The zero-order valence-electron chi connectivity index (χ0n) is 13.6. The van der Waals surface area contributed by atoms with Gasteiger partial charge in [0.2, 0.25) is 5.91 Å². The minimum absolute atomic E-state index is 0.190. The number of benzene rings is 2. The van der Waals surface area contributed by atoms with Gasteiger partial charge in [-0.05, 0) is 42.5 Å². The first-order valence-corrected chi connectivity index (χ1v) is 8.26. The van der Waals surface area contributed by atoms with Gasteiger partial charge in [0, 0.05) is 15.8 Å². The van der Waals surface area contributed by atoms with E-state index in [0.717, 1.165) is 16.6 Å². The molecular weight excluding hydrogens is 431 g/mol. The van der Waals surface area contributed by atoms with E-state index in [4.69, 9.17) is 0 Å². The Bertz CT molecular complexity index is 854. The van der Waals surface area contributed by atoms with Crippen molar-refractivity contribution in [1.29, 1.82) is 0 Å². The fourth-order valence-corrected chi connectivity index (χ4v) is 2.20. The molecule has 0 fully saturated rings. The van der Waals surface area contributed by atoms with Crippen molar-refractivity contribution in [2.24, 2.45) is 0 Å². The second kappa shape index (κ2) is 8.67. The molecule has 6 nitrogen and oxygen atoms in total. The summed E-state index contributed by atoms with van der Waals surface area (Å²) in [5.41, 5.74) is -0.662. The number of carbonyl (C=O) groups excluding carboxylic acids is 3. The summed E-state index contributed by atoms with van der Waals surface area (Å²) >= 11 is 3.24. The van der Waals surface area contributed by atoms with Crippen LogP contribution >= 0.6 is 15.9 Å². The van der Waals surface area contributed by atoms with Gasteiger partial charge in [-0.1, -0.05) is 22.0 Å². The Morgan fingerprint density at radius 1 is 0.889 bits per heavy atom. The molecule has 2 rings (SSSR count). The van der Waals surface area contributed by atoms with Crippen LogP contribution in [0.4, 0.5) is 24.5 Å². The Labute approximate surface area is 160 Å². The number of alkyl halides is 3. The molecule has 0 aliphatic heterocycles. The molecule has 0 spiro atoms. The topological polar surface area (TPSA) is 87.3 Å². The minimum Gasteiger partial charge on any atom is -0.339 e. The second-order valence-corrected chi connectivity index (χ2v) is 6.19. The fraction of sp³-hybridized carbons (Fsp3) is 0.118. The Morgan fingerprint density at radius 2 is 1.56 bits per heavy atom. The molecular formula is C17H13BrF3N3O3. The van der Waals surface area contributed by atoms with Crippen molar-refractivity contribution < 1.29 is 27.6 Å². The van der Waals surface area contributed by atoms with Crippen LogP contribution in [0.3, 0.4) is 0 Å². The Hall–Kier alpha value is -2.88. The highest BCUT2D eigenvalue weighted by Gasteiger charge is 2.30. The maximum absolute atomic E-state index is 12.6. The lowest BCUT2D eigenvalue weighted by atomic mass is 10.2. The lowest BCUT2D eigenvalue weighted by Crippen LogP contribution is -2.39. The van der Waals surface area contributed by atoms with Gasteiger partial charge < -0.3 is 16.0 Å². The molecule has 0 radical (unpaired) electrons. The molecule has 0 saturated carbocycles. The first-order chi connectivity index (χ1) is 12.6. The van der Waals surface area contributed by atoms with Gasteiger partial charge >= 0.3 is 18.0 Å². The zero-order chi connectivity index (χ0) is 20.0. The van der Waals surface area contributed by atoms with Gasteiger partial charge in [0.15, 0.2) is 0 Å². The van der Waals surface area contributed by atoms with E-state index in [-0.39, 0.29) is 5.69 Å². The molecule has 2 aromatic rings. The lowest BCUT2D eigenvalue weighted by Gasteiger charge is -2.10. The first kappa shape index (κ1) is 20.4. The largest absolute Gasteiger partial charge is 0.416 e. The summed E-state index contributed by atoms with van der Waals surface area (Å²) < 4.78 is 38.7. The molecule has 10 heteroatoms. The Balaban J connectivity index is 1.86. The van der Waals surface area contributed by atoms with Gasteiger partial charge in [-0.2, -0.15) is 13.2 Å². The number of rotatable bonds is 4. The smallest absolute Gasteiger partial charge is 0.339 e. The SMILES string of the molecule is O=C(CNC(=O)C(=O)Nc1cccc(C(F)(F)F)c1)Nc1ccc(Br)cc1. The molecule has 3 N–H and O–H groups in total. The number of amides is 3. The third kappa shape index (κ3) is 6.41.